The van der Waals surface area contributed by atoms with Gasteiger partial charge in [-0.3, -0.25) is 9.59 Å². The highest BCUT2D eigenvalue weighted by Crippen LogP contribution is 2.20. The van der Waals surface area contributed by atoms with Crippen LogP contribution in [-0.4, -0.2) is 62.2 Å². The van der Waals surface area contributed by atoms with Gasteiger partial charge in [0, 0.05) is 39.0 Å². The van der Waals surface area contributed by atoms with Crippen LogP contribution in [0.1, 0.15) is 37.8 Å². The molecule has 0 aliphatic carbocycles. The lowest BCUT2D eigenvalue weighted by Crippen LogP contribution is -2.51. The number of carbonyl (C=O) groups is 2. The molecule has 8 nitrogen and oxygen atoms in total. The summed E-state index contributed by atoms with van der Waals surface area (Å²) in [6.07, 6.45) is 0.732. The number of nitrogens with one attached hydrogen (secondary N) is 1. The standard InChI is InChI=1S/C31H39N3O5S/c1-24(2)32-31(36)29(22-25-13-7-5-8-14-25)34(23-26-15-11-16-27(21-26)39-4)30(35)19-12-20-33(3)40(37,38)28-17-9-6-10-18-28/h5-11,13-18,21,24,29H,12,19-20,22-23H2,1-4H3,(H,32,36). The van der Waals surface area contributed by atoms with Gasteiger partial charge in [0.15, 0.2) is 0 Å². The van der Waals surface area contributed by atoms with Crippen molar-refractivity contribution < 1.29 is 22.7 Å². The van der Waals surface area contributed by atoms with Crippen LogP contribution in [0.4, 0.5) is 0 Å². The van der Waals surface area contributed by atoms with Crippen molar-refractivity contribution in [2.24, 2.45) is 0 Å². The predicted octanol–water partition coefficient (Wildman–Crippen LogP) is 4.26. The van der Waals surface area contributed by atoms with E-state index in [9.17, 15) is 18.0 Å². The third kappa shape index (κ3) is 8.66. The van der Waals surface area contributed by atoms with Crippen molar-refractivity contribution in [1.29, 1.82) is 0 Å². The van der Waals surface area contributed by atoms with Crippen molar-refractivity contribution in [2.45, 2.75) is 56.6 Å². The van der Waals surface area contributed by atoms with Gasteiger partial charge in [0.2, 0.25) is 21.8 Å². The normalized spacial score (nSPS) is 12.2. The van der Waals surface area contributed by atoms with Crippen LogP contribution in [0.15, 0.2) is 89.8 Å². The van der Waals surface area contributed by atoms with Crippen LogP contribution < -0.4 is 10.1 Å². The quantitative estimate of drug-likeness (QED) is 0.315. The zero-order chi connectivity index (χ0) is 29.1. The van der Waals surface area contributed by atoms with Gasteiger partial charge < -0.3 is 15.0 Å². The van der Waals surface area contributed by atoms with Crippen LogP contribution in [0.5, 0.6) is 5.75 Å². The van der Waals surface area contributed by atoms with Crippen molar-refractivity contribution >= 4 is 21.8 Å². The second-order valence-electron chi connectivity index (χ2n) is 9.99. The molecule has 1 N–H and O–H groups in total. The van der Waals surface area contributed by atoms with Crippen LogP contribution in [0.25, 0.3) is 0 Å². The fourth-order valence-electron chi connectivity index (χ4n) is 4.39. The van der Waals surface area contributed by atoms with E-state index in [4.69, 9.17) is 4.74 Å². The lowest BCUT2D eigenvalue weighted by atomic mass is 10.0. The third-order valence-corrected chi connectivity index (χ3v) is 8.38. The van der Waals surface area contributed by atoms with Crippen molar-refractivity contribution in [1.82, 2.24) is 14.5 Å². The summed E-state index contributed by atoms with van der Waals surface area (Å²) in [4.78, 5) is 29.0. The van der Waals surface area contributed by atoms with E-state index in [2.05, 4.69) is 5.32 Å². The summed E-state index contributed by atoms with van der Waals surface area (Å²) in [5.41, 5.74) is 1.76. The largest absolute Gasteiger partial charge is 0.497 e. The Morgan fingerprint density at radius 3 is 2.15 bits per heavy atom. The molecule has 0 aromatic heterocycles. The predicted molar refractivity (Wildman–Crippen MR) is 156 cm³/mol. The Morgan fingerprint density at radius 2 is 1.52 bits per heavy atom. The van der Waals surface area contributed by atoms with E-state index in [0.717, 1.165) is 11.1 Å². The fraction of sp³-hybridized carbons (Fsp3) is 0.355. The summed E-state index contributed by atoms with van der Waals surface area (Å²) in [5.74, 6) is 0.191. The smallest absolute Gasteiger partial charge is 0.243 e. The van der Waals surface area contributed by atoms with Crippen molar-refractivity contribution in [2.75, 3.05) is 20.7 Å². The van der Waals surface area contributed by atoms with E-state index in [1.165, 1.54) is 11.4 Å². The summed E-state index contributed by atoms with van der Waals surface area (Å²) in [6, 6.07) is 24.4. The number of amides is 2. The van der Waals surface area contributed by atoms with Gasteiger partial charge in [-0.15, -0.1) is 0 Å². The van der Waals surface area contributed by atoms with Gasteiger partial charge in [0.05, 0.1) is 12.0 Å². The first-order valence-electron chi connectivity index (χ1n) is 13.4. The molecule has 0 aliphatic rings. The van der Waals surface area contributed by atoms with E-state index in [-0.39, 0.29) is 42.3 Å². The van der Waals surface area contributed by atoms with E-state index in [1.54, 1.807) is 42.3 Å². The van der Waals surface area contributed by atoms with Crippen LogP contribution in [-0.2, 0) is 32.6 Å². The number of nitrogens with zero attached hydrogens (tertiary/aromatic N) is 2. The molecular weight excluding hydrogens is 526 g/mol. The molecule has 40 heavy (non-hydrogen) atoms. The van der Waals surface area contributed by atoms with E-state index < -0.39 is 16.1 Å². The molecular formula is C31H39N3O5S. The molecule has 0 saturated carbocycles. The van der Waals surface area contributed by atoms with Gasteiger partial charge >= 0.3 is 0 Å². The maximum Gasteiger partial charge on any atom is 0.243 e. The lowest BCUT2D eigenvalue weighted by molar-refractivity contribution is -0.141. The Labute approximate surface area is 238 Å². The number of hydrogen-bond acceptors (Lipinski definition) is 5. The maximum absolute atomic E-state index is 13.8. The first-order valence-corrected chi connectivity index (χ1v) is 14.8. The van der Waals surface area contributed by atoms with E-state index >= 15 is 0 Å². The van der Waals surface area contributed by atoms with Gasteiger partial charge in [-0.05, 0) is 55.7 Å². The summed E-state index contributed by atoms with van der Waals surface area (Å²) >= 11 is 0. The molecule has 3 aromatic rings. The fourth-order valence-corrected chi connectivity index (χ4v) is 5.62. The van der Waals surface area contributed by atoms with Gasteiger partial charge in [-0.2, -0.15) is 0 Å². The zero-order valence-corrected chi connectivity index (χ0v) is 24.4. The molecule has 0 aliphatic heterocycles. The molecule has 0 radical (unpaired) electrons. The molecule has 2 amide bonds. The molecule has 0 saturated heterocycles. The van der Waals surface area contributed by atoms with Gasteiger partial charge in [-0.25, -0.2) is 12.7 Å². The van der Waals surface area contributed by atoms with Crippen molar-refractivity contribution in [3.63, 3.8) is 0 Å². The molecule has 0 bridgehead atoms. The Hall–Kier alpha value is -3.69. The molecule has 214 valence electrons. The van der Waals surface area contributed by atoms with Gasteiger partial charge in [0.1, 0.15) is 11.8 Å². The number of rotatable bonds is 14. The highest BCUT2D eigenvalue weighted by Gasteiger charge is 2.31. The van der Waals surface area contributed by atoms with Crippen LogP contribution in [0, 0.1) is 0 Å². The molecule has 0 heterocycles. The Morgan fingerprint density at radius 1 is 0.900 bits per heavy atom. The molecule has 1 atom stereocenters. The summed E-state index contributed by atoms with van der Waals surface area (Å²) in [7, 11) is -0.578. The Bertz CT molecular complexity index is 1350. The highest BCUT2D eigenvalue weighted by molar-refractivity contribution is 7.89. The van der Waals surface area contributed by atoms with Crippen molar-refractivity contribution in [3.05, 3.63) is 96.1 Å². The van der Waals surface area contributed by atoms with Gasteiger partial charge in [-0.1, -0.05) is 60.7 Å². The summed E-state index contributed by atoms with van der Waals surface area (Å²) in [5, 5.41) is 2.97. The van der Waals surface area contributed by atoms with Crippen LogP contribution in [0.2, 0.25) is 0 Å². The minimum absolute atomic E-state index is 0.0822. The van der Waals surface area contributed by atoms with Crippen LogP contribution in [0.3, 0.4) is 0 Å². The average molecular weight is 566 g/mol. The molecule has 0 fully saturated rings. The number of hydrogen-bond donors (Lipinski definition) is 1. The molecule has 1 unspecified atom stereocenters. The monoisotopic (exact) mass is 565 g/mol. The second kappa shape index (κ2) is 14.6. The second-order valence-corrected chi connectivity index (χ2v) is 12.0. The molecule has 3 aromatic carbocycles. The van der Waals surface area contributed by atoms with Crippen LogP contribution >= 0.6 is 0 Å². The number of methoxy groups -OCH3 is 1. The summed E-state index contributed by atoms with van der Waals surface area (Å²) < 4.78 is 32.5. The SMILES string of the molecule is COc1cccc(CN(C(=O)CCCN(C)S(=O)(=O)c2ccccc2)C(Cc2ccccc2)C(=O)NC(C)C)c1. The number of sulfonamides is 1. The Balaban J connectivity index is 1.84. The Kier molecular flexibility index (Phi) is 11.3. The van der Waals surface area contributed by atoms with Crippen molar-refractivity contribution in [3.8, 4) is 5.75 Å². The lowest BCUT2D eigenvalue weighted by Gasteiger charge is -2.32. The summed E-state index contributed by atoms with van der Waals surface area (Å²) in [6.45, 7) is 4.14. The number of benzene rings is 3. The average Bonchev–Trinajstić information content (AvgIpc) is 2.95. The minimum Gasteiger partial charge on any atom is -0.497 e. The number of ether oxygens (including phenoxy) is 1. The molecule has 3 rings (SSSR count). The maximum atomic E-state index is 13.8. The third-order valence-electron chi connectivity index (χ3n) is 6.50. The van der Waals surface area contributed by atoms with E-state index in [1.807, 2.05) is 68.4 Å². The zero-order valence-electron chi connectivity index (χ0n) is 23.6. The minimum atomic E-state index is -3.67. The first kappa shape index (κ1) is 30.8. The molecule has 9 heteroatoms. The van der Waals surface area contributed by atoms with E-state index in [0.29, 0.717) is 18.6 Å². The highest BCUT2D eigenvalue weighted by atomic mass is 32.2. The topological polar surface area (TPSA) is 96.0 Å². The number of carbonyl (C=O) groups excluding carboxylic acids is 2. The first-order chi connectivity index (χ1) is 19.1. The van der Waals surface area contributed by atoms with Gasteiger partial charge in [0.25, 0.3) is 0 Å². The molecule has 0 spiro atoms.